The Kier molecular flexibility index (Phi) is 6.34. The Morgan fingerprint density at radius 2 is 2.04 bits per heavy atom. The molecule has 1 unspecified atom stereocenters. The summed E-state index contributed by atoms with van der Waals surface area (Å²) in [5.41, 5.74) is 6.80. The van der Waals surface area contributed by atoms with E-state index in [1.54, 1.807) is 19.3 Å². The van der Waals surface area contributed by atoms with Gasteiger partial charge in [-0.3, -0.25) is 14.6 Å². The van der Waals surface area contributed by atoms with Crippen LogP contribution in [0.3, 0.4) is 0 Å². The van der Waals surface area contributed by atoms with Gasteiger partial charge in [0.05, 0.1) is 6.61 Å². The van der Waals surface area contributed by atoms with Crippen LogP contribution in [0.1, 0.15) is 19.8 Å². The number of nitrogens with zero attached hydrogens (tertiary/aromatic N) is 2. The molecule has 2 heterocycles. The number of aromatic nitrogens is 1. The van der Waals surface area contributed by atoms with Crippen LogP contribution in [0.2, 0.25) is 0 Å². The molecule has 7 nitrogen and oxygen atoms in total. The molecule has 0 aliphatic carbocycles. The lowest BCUT2D eigenvalue weighted by atomic mass is 9.95. The maximum absolute atomic E-state index is 12.2. The number of carbonyl (C=O) groups excluding carboxylic acids is 2. The second-order valence-corrected chi connectivity index (χ2v) is 5.57. The summed E-state index contributed by atoms with van der Waals surface area (Å²) in [6.45, 7) is 3.77. The molecular weight excluding hydrogens is 296 g/mol. The van der Waals surface area contributed by atoms with Gasteiger partial charge in [-0.25, -0.2) is 0 Å². The molecule has 1 aliphatic heterocycles. The maximum atomic E-state index is 12.2. The molecule has 0 aromatic carbocycles. The summed E-state index contributed by atoms with van der Waals surface area (Å²) in [7, 11) is 0. The molecule has 7 heteroatoms. The molecule has 1 atom stereocenters. The number of amides is 1. The Hall–Kier alpha value is -2.15. The van der Waals surface area contributed by atoms with Gasteiger partial charge in [-0.15, -0.1) is 0 Å². The lowest BCUT2D eigenvalue weighted by Gasteiger charge is -2.33. The van der Waals surface area contributed by atoms with E-state index < -0.39 is 12.0 Å². The number of carbonyl (C=O) groups is 2. The van der Waals surface area contributed by atoms with Crippen molar-refractivity contribution in [3.8, 4) is 0 Å². The lowest BCUT2D eigenvalue weighted by Crippen LogP contribution is -2.47. The molecule has 1 aromatic rings. The van der Waals surface area contributed by atoms with Crippen molar-refractivity contribution in [2.45, 2.75) is 25.8 Å². The molecule has 1 amide bonds. The Bertz CT molecular complexity index is 515. The summed E-state index contributed by atoms with van der Waals surface area (Å²) < 4.78 is 4.82. The third-order valence-electron chi connectivity index (χ3n) is 3.98. The molecular formula is C16H24N4O3. The number of piperidine rings is 1. The minimum absolute atomic E-state index is 0.0394. The van der Waals surface area contributed by atoms with E-state index in [1.165, 1.54) is 0 Å². The van der Waals surface area contributed by atoms with Crippen LogP contribution in [0.5, 0.6) is 0 Å². The van der Waals surface area contributed by atoms with Gasteiger partial charge in [-0.1, -0.05) is 0 Å². The Morgan fingerprint density at radius 3 is 2.65 bits per heavy atom. The van der Waals surface area contributed by atoms with E-state index in [2.05, 4.69) is 15.2 Å². The van der Waals surface area contributed by atoms with Crippen molar-refractivity contribution in [3.05, 3.63) is 24.5 Å². The van der Waals surface area contributed by atoms with Crippen LogP contribution in [0.15, 0.2) is 24.5 Å². The molecule has 1 aliphatic rings. The number of anilines is 1. The fourth-order valence-corrected chi connectivity index (χ4v) is 2.64. The van der Waals surface area contributed by atoms with E-state index >= 15 is 0 Å². The summed E-state index contributed by atoms with van der Waals surface area (Å²) in [4.78, 5) is 29.9. The van der Waals surface area contributed by atoms with E-state index in [0.29, 0.717) is 0 Å². The van der Waals surface area contributed by atoms with E-state index in [0.717, 1.165) is 31.6 Å². The first-order valence-corrected chi connectivity index (χ1v) is 7.96. The van der Waals surface area contributed by atoms with Crippen LogP contribution < -0.4 is 16.0 Å². The minimum atomic E-state index is -0.809. The minimum Gasteiger partial charge on any atom is -0.465 e. The molecule has 1 fully saturated rings. The van der Waals surface area contributed by atoms with Crippen LogP contribution in [0, 0.1) is 5.92 Å². The van der Waals surface area contributed by atoms with Crippen LogP contribution >= 0.6 is 0 Å². The Balaban J connectivity index is 1.74. The molecule has 0 saturated carbocycles. The Labute approximate surface area is 136 Å². The lowest BCUT2D eigenvalue weighted by molar-refractivity contribution is -0.144. The summed E-state index contributed by atoms with van der Waals surface area (Å²) in [5.74, 6) is -0.568. The van der Waals surface area contributed by atoms with E-state index in [4.69, 9.17) is 10.5 Å². The van der Waals surface area contributed by atoms with Crippen molar-refractivity contribution in [1.82, 2.24) is 10.3 Å². The van der Waals surface area contributed by atoms with Gasteiger partial charge in [0.15, 0.2) is 0 Å². The van der Waals surface area contributed by atoms with Crippen LogP contribution in [-0.2, 0) is 14.3 Å². The highest BCUT2D eigenvalue weighted by atomic mass is 16.5. The average molecular weight is 320 g/mol. The smallest absolute Gasteiger partial charge is 0.324 e. The van der Waals surface area contributed by atoms with Crippen LogP contribution in [0.25, 0.3) is 0 Å². The number of hydrogen-bond donors (Lipinski definition) is 2. The molecule has 23 heavy (non-hydrogen) atoms. The SMILES string of the molecule is CCOC(=O)C(N)CNC(=O)C1CCN(c2ccncc2)CC1. The van der Waals surface area contributed by atoms with Crippen molar-refractivity contribution >= 4 is 17.6 Å². The predicted octanol–water partition coefficient (Wildman–Crippen LogP) is 0.305. The predicted molar refractivity (Wildman–Crippen MR) is 86.8 cm³/mol. The Morgan fingerprint density at radius 1 is 1.39 bits per heavy atom. The standard InChI is InChI=1S/C16H24N4O3/c1-2-23-16(22)14(17)11-19-15(21)12-5-9-20(10-6-12)13-3-7-18-8-4-13/h3-4,7-8,12,14H,2,5-6,9-11,17H2,1H3,(H,19,21). The first-order chi connectivity index (χ1) is 11.1. The van der Waals surface area contributed by atoms with Gasteiger partial charge in [-0.2, -0.15) is 0 Å². The van der Waals surface area contributed by atoms with E-state index in [1.807, 2.05) is 12.1 Å². The molecule has 0 spiro atoms. The summed E-state index contributed by atoms with van der Waals surface area (Å²) in [6, 6.07) is 3.13. The summed E-state index contributed by atoms with van der Waals surface area (Å²) >= 11 is 0. The third kappa shape index (κ3) is 4.92. The maximum Gasteiger partial charge on any atom is 0.324 e. The van der Waals surface area contributed by atoms with Crippen LogP contribution in [0.4, 0.5) is 5.69 Å². The fraction of sp³-hybridized carbons (Fsp3) is 0.562. The van der Waals surface area contributed by atoms with Crippen molar-refractivity contribution in [3.63, 3.8) is 0 Å². The zero-order valence-corrected chi connectivity index (χ0v) is 13.4. The molecule has 0 bridgehead atoms. The summed E-state index contributed by atoms with van der Waals surface area (Å²) in [6.07, 6.45) is 5.10. The quantitative estimate of drug-likeness (QED) is 0.732. The number of nitrogens with two attached hydrogens (primary N) is 1. The zero-order valence-electron chi connectivity index (χ0n) is 13.4. The number of esters is 1. The molecule has 1 saturated heterocycles. The molecule has 0 radical (unpaired) electrons. The van der Waals surface area contributed by atoms with Gasteiger partial charge < -0.3 is 20.7 Å². The van der Waals surface area contributed by atoms with Gasteiger partial charge in [0.2, 0.25) is 5.91 Å². The van der Waals surface area contributed by atoms with Crippen molar-refractivity contribution in [2.75, 3.05) is 31.1 Å². The monoisotopic (exact) mass is 320 g/mol. The van der Waals surface area contributed by atoms with Gasteiger partial charge in [0.1, 0.15) is 6.04 Å². The average Bonchev–Trinajstić information content (AvgIpc) is 2.60. The highest BCUT2D eigenvalue weighted by Gasteiger charge is 2.26. The first-order valence-electron chi connectivity index (χ1n) is 7.96. The fourth-order valence-electron chi connectivity index (χ4n) is 2.64. The number of pyridine rings is 1. The normalized spacial score (nSPS) is 16.7. The largest absolute Gasteiger partial charge is 0.465 e. The number of ether oxygens (including phenoxy) is 1. The van der Waals surface area contributed by atoms with Gasteiger partial charge in [-0.05, 0) is 31.9 Å². The van der Waals surface area contributed by atoms with E-state index in [-0.39, 0.29) is 25.0 Å². The highest BCUT2D eigenvalue weighted by molar-refractivity contribution is 5.81. The van der Waals surface area contributed by atoms with Crippen LogP contribution in [-0.4, -0.2) is 49.1 Å². The van der Waals surface area contributed by atoms with Crippen molar-refractivity contribution in [2.24, 2.45) is 11.7 Å². The van der Waals surface area contributed by atoms with Gasteiger partial charge in [0.25, 0.3) is 0 Å². The zero-order chi connectivity index (χ0) is 16.7. The van der Waals surface area contributed by atoms with Crippen molar-refractivity contribution in [1.29, 1.82) is 0 Å². The molecule has 3 N–H and O–H groups in total. The van der Waals surface area contributed by atoms with Gasteiger partial charge in [0, 0.05) is 43.6 Å². The second kappa shape index (κ2) is 8.47. The van der Waals surface area contributed by atoms with E-state index in [9.17, 15) is 9.59 Å². The number of rotatable bonds is 6. The first kappa shape index (κ1) is 17.2. The third-order valence-corrected chi connectivity index (χ3v) is 3.98. The highest BCUT2D eigenvalue weighted by Crippen LogP contribution is 2.22. The topological polar surface area (TPSA) is 97.5 Å². The second-order valence-electron chi connectivity index (χ2n) is 5.57. The molecule has 1 aromatic heterocycles. The van der Waals surface area contributed by atoms with Crippen molar-refractivity contribution < 1.29 is 14.3 Å². The number of nitrogens with one attached hydrogen (secondary N) is 1. The van der Waals surface area contributed by atoms with Gasteiger partial charge >= 0.3 is 5.97 Å². The summed E-state index contributed by atoms with van der Waals surface area (Å²) in [5, 5.41) is 2.75. The molecule has 2 rings (SSSR count). The number of hydrogen-bond acceptors (Lipinski definition) is 6. The molecule has 126 valence electrons.